The number of carbonyl (C=O) groups is 1. The number of likely N-dealkylation sites (N-methyl/N-ethyl adjacent to an activating group) is 1. The van der Waals surface area contributed by atoms with Crippen molar-refractivity contribution in [2.24, 2.45) is 7.05 Å². The van der Waals surface area contributed by atoms with Crippen molar-refractivity contribution in [3.05, 3.63) is 64.7 Å². The number of hydrogen-bond donors (Lipinski definition) is 1. The van der Waals surface area contributed by atoms with Crippen LogP contribution in [-0.4, -0.2) is 63.7 Å². The maximum atomic E-state index is 13.5. The van der Waals surface area contributed by atoms with Crippen LogP contribution < -0.4 is 5.32 Å². The number of nitrogens with one attached hydrogen (secondary N) is 1. The van der Waals surface area contributed by atoms with Gasteiger partial charge in [0.05, 0.1) is 27.2 Å². The van der Waals surface area contributed by atoms with Gasteiger partial charge < -0.3 is 10.2 Å². The Bertz CT molecular complexity index is 1290. The first-order chi connectivity index (χ1) is 16.0. The van der Waals surface area contributed by atoms with Gasteiger partial charge in [0.15, 0.2) is 5.65 Å². The molecule has 4 heterocycles. The Hall–Kier alpha value is -3.07. The highest BCUT2D eigenvalue weighted by atomic mass is 32.1. The molecule has 1 fully saturated rings. The van der Waals surface area contributed by atoms with Crippen LogP contribution in [0.1, 0.15) is 21.6 Å². The van der Waals surface area contributed by atoms with E-state index in [-0.39, 0.29) is 5.91 Å². The average Bonchev–Trinajstić information content (AvgIpc) is 3.44. The number of thiophene rings is 1. The van der Waals surface area contributed by atoms with Crippen LogP contribution in [-0.2, 0) is 13.6 Å². The number of rotatable bonds is 5. The predicted octanol–water partition coefficient (Wildman–Crippen LogP) is 4.00. The molecule has 0 aliphatic carbocycles. The molecule has 0 spiro atoms. The molecule has 33 heavy (non-hydrogen) atoms. The molecule has 1 N–H and O–H groups in total. The fourth-order valence-electron chi connectivity index (χ4n) is 4.38. The molecule has 1 aliphatic rings. The standard InChI is InChI=1S/C25H28N6OS/c1-17-23-20(15-21(22-8-5-13-33-22)27-24(23)30(3)28-17)25(32)26-19-7-4-6-18(14-19)16-31-11-9-29(2)10-12-31/h4-8,13-15H,9-12,16H2,1-3H3,(H,26,32). The van der Waals surface area contributed by atoms with Crippen molar-refractivity contribution in [1.29, 1.82) is 0 Å². The number of benzene rings is 1. The quantitative estimate of drug-likeness (QED) is 0.488. The monoisotopic (exact) mass is 460 g/mol. The second-order valence-corrected chi connectivity index (χ2v) is 9.62. The van der Waals surface area contributed by atoms with E-state index in [0.717, 1.165) is 60.1 Å². The number of aryl methyl sites for hydroxylation is 2. The molecule has 1 saturated heterocycles. The molecule has 5 rings (SSSR count). The van der Waals surface area contributed by atoms with Crippen molar-refractivity contribution in [2.45, 2.75) is 13.5 Å². The maximum Gasteiger partial charge on any atom is 0.256 e. The van der Waals surface area contributed by atoms with Crippen LogP contribution in [0.5, 0.6) is 0 Å². The largest absolute Gasteiger partial charge is 0.322 e. The van der Waals surface area contributed by atoms with Gasteiger partial charge in [-0.25, -0.2) is 4.98 Å². The number of carbonyl (C=O) groups excluding carboxylic acids is 1. The van der Waals surface area contributed by atoms with Gasteiger partial charge in [0.2, 0.25) is 0 Å². The SMILES string of the molecule is Cc1nn(C)c2nc(-c3cccs3)cc(C(=O)Nc3cccc(CN4CCN(C)CC4)c3)c12. The minimum atomic E-state index is -0.145. The van der Waals surface area contributed by atoms with E-state index in [0.29, 0.717) is 11.2 Å². The predicted molar refractivity (Wildman–Crippen MR) is 134 cm³/mol. The van der Waals surface area contributed by atoms with Crippen LogP contribution in [0.15, 0.2) is 47.8 Å². The fourth-order valence-corrected chi connectivity index (χ4v) is 5.07. The van der Waals surface area contributed by atoms with Crippen molar-refractivity contribution in [3.63, 3.8) is 0 Å². The van der Waals surface area contributed by atoms with E-state index in [1.54, 1.807) is 16.0 Å². The molecule has 1 amide bonds. The first kappa shape index (κ1) is 21.8. The summed E-state index contributed by atoms with van der Waals surface area (Å²) in [6.45, 7) is 7.11. The highest BCUT2D eigenvalue weighted by Gasteiger charge is 2.20. The Labute approximate surface area is 197 Å². The Morgan fingerprint density at radius 3 is 2.67 bits per heavy atom. The zero-order valence-corrected chi connectivity index (χ0v) is 20.0. The third-order valence-corrected chi connectivity index (χ3v) is 7.07. The molecule has 4 aromatic rings. The Kier molecular flexibility index (Phi) is 5.97. The topological polar surface area (TPSA) is 66.3 Å². The number of anilines is 1. The number of hydrogen-bond acceptors (Lipinski definition) is 6. The molecule has 1 aromatic carbocycles. The summed E-state index contributed by atoms with van der Waals surface area (Å²) in [5.74, 6) is -0.145. The van der Waals surface area contributed by atoms with Crippen LogP contribution in [0.2, 0.25) is 0 Å². The molecule has 1 aliphatic heterocycles. The highest BCUT2D eigenvalue weighted by molar-refractivity contribution is 7.13. The lowest BCUT2D eigenvalue weighted by molar-refractivity contribution is 0.102. The maximum absolute atomic E-state index is 13.5. The number of aromatic nitrogens is 3. The lowest BCUT2D eigenvalue weighted by Gasteiger charge is -2.32. The van der Waals surface area contributed by atoms with Gasteiger partial charge in [-0.1, -0.05) is 18.2 Å². The molecule has 0 unspecified atom stereocenters. The van der Waals surface area contributed by atoms with Gasteiger partial charge in [-0.3, -0.25) is 14.4 Å². The number of pyridine rings is 1. The second kappa shape index (κ2) is 9.05. The van der Waals surface area contributed by atoms with E-state index in [1.165, 1.54) is 5.56 Å². The number of amides is 1. The molecule has 0 radical (unpaired) electrons. The third kappa shape index (κ3) is 4.55. The van der Waals surface area contributed by atoms with E-state index in [9.17, 15) is 4.79 Å². The first-order valence-electron chi connectivity index (χ1n) is 11.2. The minimum absolute atomic E-state index is 0.145. The first-order valence-corrected chi connectivity index (χ1v) is 12.1. The molecule has 0 bridgehead atoms. The van der Waals surface area contributed by atoms with E-state index < -0.39 is 0 Å². The zero-order valence-electron chi connectivity index (χ0n) is 19.2. The van der Waals surface area contributed by atoms with Gasteiger partial charge in [0.1, 0.15) is 0 Å². The van der Waals surface area contributed by atoms with E-state index in [4.69, 9.17) is 4.98 Å². The van der Waals surface area contributed by atoms with Crippen LogP contribution in [0.3, 0.4) is 0 Å². The average molecular weight is 461 g/mol. The number of piperazine rings is 1. The van der Waals surface area contributed by atoms with Crippen LogP contribution in [0.25, 0.3) is 21.6 Å². The van der Waals surface area contributed by atoms with Gasteiger partial charge in [0.25, 0.3) is 5.91 Å². The summed E-state index contributed by atoms with van der Waals surface area (Å²) >= 11 is 1.61. The molecule has 8 heteroatoms. The number of fused-ring (bicyclic) bond motifs is 1. The normalized spacial score (nSPS) is 15.2. The summed E-state index contributed by atoms with van der Waals surface area (Å²) < 4.78 is 1.75. The van der Waals surface area contributed by atoms with Crippen molar-refractivity contribution >= 4 is 34.0 Å². The summed E-state index contributed by atoms with van der Waals surface area (Å²) in [5, 5.41) is 10.4. The van der Waals surface area contributed by atoms with Crippen molar-refractivity contribution in [2.75, 3.05) is 38.5 Å². The second-order valence-electron chi connectivity index (χ2n) is 8.67. The lowest BCUT2D eigenvalue weighted by atomic mass is 10.1. The molecular weight excluding hydrogens is 432 g/mol. The van der Waals surface area contributed by atoms with Crippen molar-refractivity contribution in [3.8, 4) is 10.6 Å². The molecule has 7 nitrogen and oxygen atoms in total. The highest BCUT2D eigenvalue weighted by Crippen LogP contribution is 2.30. The molecule has 3 aromatic heterocycles. The van der Waals surface area contributed by atoms with Gasteiger partial charge in [-0.05, 0) is 49.2 Å². The van der Waals surface area contributed by atoms with Gasteiger partial charge in [0, 0.05) is 45.5 Å². The number of nitrogens with zero attached hydrogens (tertiary/aromatic N) is 5. The Morgan fingerprint density at radius 1 is 1.09 bits per heavy atom. The van der Waals surface area contributed by atoms with Crippen LogP contribution >= 0.6 is 11.3 Å². The summed E-state index contributed by atoms with van der Waals surface area (Å²) in [6, 6.07) is 14.0. The smallest absolute Gasteiger partial charge is 0.256 e. The van der Waals surface area contributed by atoms with Gasteiger partial charge in [-0.15, -0.1) is 11.3 Å². The van der Waals surface area contributed by atoms with E-state index in [1.807, 2.05) is 49.7 Å². The summed E-state index contributed by atoms with van der Waals surface area (Å²) in [6.07, 6.45) is 0. The lowest BCUT2D eigenvalue weighted by Crippen LogP contribution is -2.43. The third-order valence-electron chi connectivity index (χ3n) is 6.17. The Morgan fingerprint density at radius 2 is 1.91 bits per heavy atom. The van der Waals surface area contributed by atoms with E-state index >= 15 is 0 Å². The molecule has 170 valence electrons. The minimum Gasteiger partial charge on any atom is -0.322 e. The van der Waals surface area contributed by atoms with Gasteiger partial charge in [-0.2, -0.15) is 5.10 Å². The summed E-state index contributed by atoms with van der Waals surface area (Å²) in [5.41, 5.74) is 4.90. The van der Waals surface area contributed by atoms with Gasteiger partial charge >= 0.3 is 0 Å². The van der Waals surface area contributed by atoms with E-state index in [2.05, 4.69) is 39.4 Å². The van der Waals surface area contributed by atoms with Crippen molar-refractivity contribution < 1.29 is 4.79 Å². The van der Waals surface area contributed by atoms with Crippen molar-refractivity contribution in [1.82, 2.24) is 24.6 Å². The summed E-state index contributed by atoms with van der Waals surface area (Å²) in [4.78, 5) is 24.1. The zero-order chi connectivity index (χ0) is 22.9. The molecule has 0 atom stereocenters. The van der Waals surface area contributed by atoms with Crippen LogP contribution in [0, 0.1) is 6.92 Å². The fraction of sp³-hybridized carbons (Fsp3) is 0.320. The summed E-state index contributed by atoms with van der Waals surface area (Å²) in [7, 11) is 4.03. The molecular formula is C25H28N6OS. The Balaban J connectivity index is 1.42. The molecule has 0 saturated carbocycles. The van der Waals surface area contributed by atoms with Crippen LogP contribution in [0.4, 0.5) is 5.69 Å².